The normalized spacial score (nSPS) is 23.8. The molecule has 1 saturated heterocycles. The van der Waals surface area contributed by atoms with E-state index in [4.69, 9.17) is 0 Å². The monoisotopic (exact) mass is 278 g/mol. The van der Waals surface area contributed by atoms with Gasteiger partial charge in [-0.25, -0.2) is 4.98 Å². The number of fused-ring (bicyclic) bond motifs is 1. The van der Waals surface area contributed by atoms with Crippen molar-refractivity contribution < 1.29 is 5.11 Å². The van der Waals surface area contributed by atoms with Gasteiger partial charge in [0.05, 0.1) is 11.5 Å². The molecule has 2 aromatic rings. The minimum absolute atomic E-state index is 0.195. The van der Waals surface area contributed by atoms with E-state index in [1.165, 1.54) is 0 Å². The van der Waals surface area contributed by atoms with Crippen LogP contribution in [0.1, 0.15) is 13.3 Å². The molecular formula is C13H18N4OS. The van der Waals surface area contributed by atoms with Crippen LogP contribution in [0.4, 0.5) is 11.8 Å². The molecule has 0 bridgehead atoms. The Morgan fingerprint density at radius 1 is 1.47 bits per heavy atom. The Hall–Kier alpha value is -1.40. The van der Waals surface area contributed by atoms with E-state index in [0.29, 0.717) is 5.95 Å². The standard InChI is InChI=1S/C13H18N4OS/c1-8-7-17(5-3-10(8)18)11-9-4-6-19-12(9)16-13(14-2)15-11/h4,6,8,10,18H,3,5,7H2,1-2H3,(H,14,15,16). The molecule has 1 fully saturated rings. The summed E-state index contributed by atoms with van der Waals surface area (Å²) < 4.78 is 0. The lowest BCUT2D eigenvalue weighted by Crippen LogP contribution is -2.42. The molecule has 0 saturated carbocycles. The summed E-state index contributed by atoms with van der Waals surface area (Å²) in [6.45, 7) is 3.77. The Labute approximate surface area is 116 Å². The van der Waals surface area contributed by atoms with Crippen LogP contribution in [0.25, 0.3) is 10.2 Å². The number of aliphatic hydroxyl groups excluding tert-OH is 1. The second-order valence-electron chi connectivity index (χ2n) is 5.04. The van der Waals surface area contributed by atoms with E-state index in [1.807, 2.05) is 12.4 Å². The van der Waals surface area contributed by atoms with E-state index in [0.717, 1.165) is 35.5 Å². The summed E-state index contributed by atoms with van der Waals surface area (Å²) in [5.74, 6) is 1.91. The van der Waals surface area contributed by atoms with Crippen LogP contribution in [0.3, 0.4) is 0 Å². The van der Waals surface area contributed by atoms with Crippen molar-refractivity contribution in [2.24, 2.45) is 5.92 Å². The van der Waals surface area contributed by atoms with E-state index in [9.17, 15) is 5.11 Å². The third kappa shape index (κ3) is 2.26. The molecule has 0 aliphatic carbocycles. The second-order valence-corrected chi connectivity index (χ2v) is 5.93. The van der Waals surface area contributed by atoms with E-state index >= 15 is 0 Å². The number of anilines is 2. The van der Waals surface area contributed by atoms with Gasteiger partial charge in [0.15, 0.2) is 0 Å². The van der Waals surface area contributed by atoms with Gasteiger partial charge in [0.25, 0.3) is 0 Å². The molecule has 0 aromatic carbocycles. The highest BCUT2D eigenvalue weighted by atomic mass is 32.1. The maximum atomic E-state index is 9.85. The first-order chi connectivity index (χ1) is 9.19. The number of thiophene rings is 1. The Balaban J connectivity index is 2.01. The average Bonchev–Trinajstić information content (AvgIpc) is 2.89. The molecule has 3 rings (SSSR count). The Kier molecular flexibility index (Phi) is 3.28. The van der Waals surface area contributed by atoms with E-state index in [-0.39, 0.29) is 12.0 Å². The highest BCUT2D eigenvalue weighted by Gasteiger charge is 2.26. The number of hydrogen-bond acceptors (Lipinski definition) is 6. The number of aliphatic hydroxyl groups is 1. The topological polar surface area (TPSA) is 61.3 Å². The van der Waals surface area contributed by atoms with Gasteiger partial charge in [-0.05, 0) is 23.8 Å². The summed E-state index contributed by atoms with van der Waals surface area (Å²) in [6, 6.07) is 2.07. The maximum absolute atomic E-state index is 9.85. The Bertz CT molecular complexity index is 585. The van der Waals surface area contributed by atoms with Gasteiger partial charge in [0.2, 0.25) is 5.95 Å². The van der Waals surface area contributed by atoms with Crippen LogP contribution in [-0.4, -0.2) is 41.3 Å². The van der Waals surface area contributed by atoms with Crippen molar-refractivity contribution in [3.05, 3.63) is 11.4 Å². The number of aromatic nitrogens is 2. The predicted octanol–water partition coefficient (Wildman–Crippen LogP) is 1.94. The van der Waals surface area contributed by atoms with Crippen LogP contribution in [0.2, 0.25) is 0 Å². The highest BCUT2D eigenvalue weighted by Crippen LogP contribution is 2.31. The lowest BCUT2D eigenvalue weighted by Gasteiger charge is -2.35. The zero-order valence-electron chi connectivity index (χ0n) is 11.1. The molecule has 2 unspecified atom stereocenters. The predicted molar refractivity (Wildman–Crippen MR) is 79.0 cm³/mol. The molecule has 6 heteroatoms. The first kappa shape index (κ1) is 12.6. The smallest absolute Gasteiger partial charge is 0.225 e. The fraction of sp³-hybridized carbons (Fsp3) is 0.538. The summed E-state index contributed by atoms with van der Waals surface area (Å²) in [5.41, 5.74) is 0. The summed E-state index contributed by atoms with van der Waals surface area (Å²) in [7, 11) is 1.83. The van der Waals surface area contributed by atoms with E-state index in [2.05, 4.69) is 33.2 Å². The molecule has 2 aromatic heterocycles. The zero-order chi connectivity index (χ0) is 13.4. The van der Waals surface area contributed by atoms with Gasteiger partial charge in [-0.2, -0.15) is 4.98 Å². The summed E-state index contributed by atoms with van der Waals surface area (Å²) >= 11 is 1.63. The summed E-state index contributed by atoms with van der Waals surface area (Å²) in [5, 5.41) is 16.0. The van der Waals surface area contributed by atoms with Gasteiger partial charge < -0.3 is 15.3 Å². The van der Waals surface area contributed by atoms with Crippen LogP contribution in [0.5, 0.6) is 0 Å². The Morgan fingerprint density at radius 3 is 3.05 bits per heavy atom. The number of piperidine rings is 1. The molecule has 2 atom stereocenters. The Morgan fingerprint density at radius 2 is 2.32 bits per heavy atom. The molecule has 2 N–H and O–H groups in total. The number of rotatable bonds is 2. The fourth-order valence-electron chi connectivity index (χ4n) is 2.52. The highest BCUT2D eigenvalue weighted by molar-refractivity contribution is 7.16. The first-order valence-corrected chi connectivity index (χ1v) is 7.43. The van der Waals surface area contributed by atoms with E-state index < -0.39 is 0 Å². The molecule has 0 radical (unpaired) electrons. The third-order valence-corrected chi connectivity index (χ3v) is 4.49. The van der Waals surface area contributed by atoms with Gasteiger partial charge in [0, 0.05) is 20.1 Å². The molecule has 0 spiro atoms. The molecule has 102 valence electrons. The third-order valence-electron chi connectivity index (χ3n) is 3.69. The van der Waals surface area contributed by atoms with Gasteiger partial charge >= 0.3 is 0 Å². The first-order valence-electron chi connectivity index (χ1n) is 6.55. The number of nitrogens with zero attached hydrogens (tertiary/aromatic N) is 3. The number of hydrogen-bond donors (Lipinski definition) is 2. The SMILES string of the molecule is CNc1nc(N2CCC(O)C(C)C2)c2ccsc2n1. The van der Waals surface area contributed by atoms with Crippen LogP contribution >= 0.6 is 11.3 Å². The zero-order valence-corrected chi connectivity index (χ0v) is 11.9. The van der Waals surface area contributed by atoms with Crippen LogP contribution in [0.15, 0.2) is 11.4 Å². The summed E-state index contributed by atoms with van der Waals surface area (Å²) in [4.78, 5) is 12.3. The van der Waals surface area contributed by atoms with Gasteiger partial charge in [-0.15, -0.1) is 11.3 Å². The molecule has 1 aliphatic rings. The van der Waals surface area contributed by atoms with Crippen molar-refractivity contribution in [3.8, 4) is 0 Å². The molecule has 0 amide bonds. The van der Waals surface area contributed by atoms with Gasteiger partial charge in [-0.1, -0.05) is 6.92 Å². The minimum Gasteiger partial charge on any atom is -0.393 e. The van der Waals surface area contributed by atoms with E-state index in [1.54, 1.807) is 11.3 Å². The molecular weight excluding hydrogens is 260 g/mol. The van der Waals surface area contributed by atoms with Crippen molar-refractivity contribution >= 4 is 33.3 Å². The maximum Gasteiger partial charge on any atom is 0.225 e. The molecule has 3 heterocycles. The van der Waals surface area contributed by atoms with Crippen LogP contribution < -0.4 is 10.2 Å². The molecule has 5 nitrogen and oxygen atoms in total. The van der Waals surface area contributed by atoms with Crippen LogP contribution in [-0.2, 0) is 0 Å². The van der Waals surface area contributed by atoms with Gasteiger partial charge in [0.1, 0.15) is 10.6 Å². The quantitative estimate of drug-likeness (QED) is 0.879. The van der Waals surface area contributed by atoms with Crippen molar-refractivity contribution in [2.45, 2.75) is 19.4 Å². The molecule has 19 heavy (non-hydrogen) atoms. The molecule has 1 aliphatic heterocycles. The van der Waals surface area contributed by atoms with Crippen LogP contribution in [0, 0.1) is 5.92 Å². The van der Waals surface area contributed by atoms with Crippen molar-refractivity contribution in [2.75, 3.05) is 30.4 Å². The largest absolute Gasteiger partial charge is 0.393 e. The lowest BCUT2D eigenvalue weighted by molar-refractivity contribution is 0.0970. The van der Waals surface area contributed by atoms with Crippen molar-refractivity contribution in [3.63, 3.8) is 0 Å². The summed E-state index contributed by atoms with van der Waals surface area (Å²) in [6.07, 6.45) is 0.603. The van der Waals surface area contributed by atoms with Crippen molar-refractivity contribution in [1.29, 1.82) is 0 Å². The lowest BCUT2D eigenvalue weighted by atomic mass is 9.97. The minimum atomic E-state index is -0.195. The number of nitrogens with one attached hydrogen (secondary N) is 1. The average molecular weight is 278 g/mol. The van der Waals surface area contributed by atoms with Gasteiger partial charge in [-0.3, -0.25) is 0 Å². The fourth-order valence-corrected chi connectivity index (χ4v) is 3.28. The second kappa shape index (κ2) is 4.94. The van der Waals surface area contributed by atoms with Crippen molar-refractivity contribution in [1.82, 2.24) is 9.97 Å².